The van der Waals surface area contributed by atoms with Gasteiger partial charge in [0, 0.05) is 30.2 Å². The summed E-state index contributed by atoms with van der Waals surface area (Å²) in [5, 5.41) is 6.23. The number of hydrogen-bond acceptors (Lipinski definition) is 7. The van der Waals surface area contributed by atoms with E-state index in [1.807, 2.05) is 13.1 Å². The SMILES string of the molecule is CCC1COC1.CN/C(C=Nc1cc(C(C)=O)sc1C)=C/N.Fc1cccc(Cl)c1NC=C1CCC1. The van der Waals surface area contributed by atoms with Crippen LogP contribution >= 0.6 is 22.9 Å². The molecule has 1 aliphatic carbocycles. The van der Waals surface area contributed by atoms with Crippen LogP contribution in [-0.2, 0) is 4.74 Å². The van der Waals surface area contributed by atoms with Crippen molar-refractivity contribution in [2.45, 2.75) is 46.5 Å². The van der Waals surface area contributed by atoms with Crippen molar-refractivity contribution >= 4 is 46.3 Å². The van der Waals surface area contributed by atoms with Crippen molar-refractivity contribution in [3.8, 4) is 0 Å². The van der Waals surface area contributed by atoms with Crippen molar-refractivity contribution in [2.24, 2.45) is 16.6 Å². The maximum Gasteiger partial charge on any atom is 0.169 e. The monoisotopic (exact) mass is 534 g/mol. The number of nitrogens with two attached hydrogens (primary N) is 1. The van der Waals surface area contributed by atoms with E-state index in [4.69, 9.17) is 22.1 Å². The molecule has 0 spiro atoms. The molecule has 0 amide bonds. The minimum absolute atomic E-state index is 0.0674. The normalized spacial score (nSPS) is 15.1. The Bertz CT molecular complexity index is 1060. The van der Waals surface area contributed by atoms with Crippen LogP contribution in [0.2, 0.25) is 5.02 Å². The van der Waals surface area contributed by atoms with Gasteiger partial charge in [0.1, 0.15) is 5.82 Å². The van der Waals surface area contributed by atoms with E-state index in [-0.39, 0.29) is 11.6 Å². The Morgan fingerprint density at radius 1 is 1.36 bits per heavy atom. The zero-order valence-corrected chi connectivity index (χ0v) is 22.9. The number of Topliss-reactive ketones (excluding diaryl/α,β-unsaturated/α-hetero) is 1. The van der Waals surface area contributed by atoms with Crippen molar-refractivity contribution in [1.82, 2.24) is 5.32 Å². The number of allylic oxidation sites excluding steroid dienone is 2. The molecule has 2 aliphatic rings. The summed E-state index contributed by atoms with van der Waals surface area (Å²) in [7, 11) is 1.77. The van der Waals surface area contributed by atoms with Crippen LogP contribution in [-0.4, -0.2) is 32.3 Å². The molecule has 1 aromatic heterocycles. The van der Waals surface area contributed by atoms with E-state index < -0.39 is 0 Å². The van der Waals surface area contributed by atoms with Crippen molar-refractivity contribution < 1.29 is 13.9 Å². The number of anilines is 1. The number of ether oxygens (including phenoxy) is 1. The van der Waals surface area contributed by atoms with E-state index in [0.717, 1.165) is 53.1 Å². The molecule has 1 saturated heterocycles. The summed E-state index contributed by atoms with van der Waals surface area (Å²) in [6.07, 6.45) is 9.68. The highest BCUT2D eigenvalue weighted by Crippen LogP contribution is 2.29. The summed E-state index contributed by atoms with van der Waals surface area (Å²) in [5.74, 6) is 0.649. The minimum Gasteiger partial charge on any atom is -0.403 e. The van der Waals surface area contributed by atoms with Crippen molar-refractivity contribution in [1.29, 1.82) is 0 Å². The molecule has 1 saturated carbocycles. The molecule has 196 valence electrons. The van der Waals surface area contributed by atoms with Gasteiger partial charge < -0.3 is 21.1 Å². The van der Waals surface area contributed by atoms with Crippen LogP contribution in [0, 0.1) is 18.7 Å². The second-order valence-electron chi connectivity index (χ2n) is 8.45. The number of hydrogen-bond donors (Lipinski definition) is 3. The summed E-state index contributed by atoms with van der Waals surface area (Å²) in [6.45, 7) is 7.72. The molecule has 1 aromatic carbocycles. The number of rotatable bonds is 7. The number of nitrogens with one attached hydrogen (secondary N) is 2. The van der Waals surface area contributed by atoms with Crippen LogP contribution in [0.3, 0.4) is 0 Å². The first-order valence-electron chi connectivity index (χ1n) is 12.0. The van der Waals surface area contributed by atoms with E-state index >= 15 is 0 Å². The average molecular weight is 535 g/mol. The predicted octanol–water partition coefficient (Wildman–Crippen LogP) is 6.98. The molecule has 0 unspecified atom stereocenters. The van der Waals surface area contributed by atoms with E-state index in [2.05, 4.69) is 22.5 Å². The van der Waals surface area contributed by atoms with Gasteiger partial charge in [0.05, 0.1) is 46.4 Å². The lowest BCUT2D eigenvalue weighted by Gasteiger charge is -2.23. The Kier molecular flexibility index (Phi) is 12.7. The lowest BCUT2D eigenvalue weighted by Crippen LogP contribution is -2.26. The molecule has 2 heterocycles. The number of carbonyl (C=O) groups is 1. The van der Waals surface area contributed by atoms with Crippen LogP contribution in [0.15, 0.2) is 52.9 Å². The molecule has 1 aliphatic heterocycles. The first-order chi connectivity index (χ1) is 17.3. The maximum atomic E-state index is 13.2. The Morgan fingerprint density at radius 2 is 2.08 bits per heavy atom. The Labute approximate surface area is 222 Å². The van der Waals surface area contributed by atoms with E-state index in [1.54, 1.807) is 38.4 Å². The molecule has 4 rings (SSSR count). The summed E-state index contributed by atoms with van der Waals surface area (Å²) in [6, 6.07) is 6.46. The van der Waals surface area contributed by atoms with E-state index in [9.17, 15) is 9.18 Å². The number of ketones is 1. The van der Waals surface area contributed by atoms with Gasteiger partial charge in [0.15, 0.2) is 5.78 Å². The zero-order chi connectivity index (χ0) is 26.5. The largest absolute Gasteiger partial charge is 0.403 e. The molecular formula is C27H36ClFN4O2S. The molecule has 2 aromatic rings. The molecule has 36 heavy (non-hydrogen) atoms. The number of para-hydroxylation sites is 1. The minimum atomic E-state index is -0.311. The Balaban J connectivity index is 0.000000207. The van der Waals surface area contributed by atoms with Crippen molar-refractivity contribution in [3.05, 3.63) is 68.5 Å². The highest BCUT2D eigenvalue weighted by molar-refractivity contribution is 7.14. The van der Waals surface area contributed by atoms with Gasteiger partial charge in [-0.1, -0.05) is 30.2 Å². The third-order valence-corrected chi connectivity index (χ3v) is 7.17. The van der Waals surface area contributed by atoms with Gasteiger partial charge in [-0.15, -0.1) is 11.3 Å². The number of aryl methyl sites for hydroxylation is 1. The third kappa shape index (κ3) is 9.41. The molecule has 6 nitrogen and oxygen atoms in total. The second-order valence-corrected chi connectivity index (χ2v) is 10.1. The summed E-state index contributed by atoms with van der Waals surface area (Å²) in [4.78, 5) is 17.2. The fourth-order valence-electron chi connectivity index (χ4n) is 2.96. The van der Waals surface area contributed by atoms with Gasteiger partial charge in [-0.2, -0.15) is 0 Å². The molecular weight excluding hydrogens is 499 g/mol. The van der Waals surface area contributed by atoms with Gasteiger partial charge in [-0.05, 0) is 57.7 Å². The highest BCUT2D eigenvalue weighted by Gasteiger charge is 2.14. The lowest BCUT2D eigenvalue weighted by atomic mass is 9.93. The summed E-state index contributed by atoms with van der Waals surface area (Å²) >= 11 is 7.30. The zero-order valence-electron chi connectivity index (χ0n) is 21.4. The maximum absolute atomic E-state index is 13.2. The number of halogens is 2. The molecule has 2 fully saturated rings. The number of thiophene rings is 1. The fraction of sp³-hybridized carbons (Fsp3) is 0.407. The van der Waals surface area contributed by atoms with E-state index in [0.29, 0.717) is 10.7 Å². The quantitative estimate of drug-likeness (QED) is 0.263. The van der Waals surface area contributed by atoms with Crippen LogP contribution in [0.4, 0.5) is 15.8 Å². The molecule has 0 radical (unpaired) electrons. The Morgan fingerprint density at radius 3 is 2.50 bits per heavy atom. The topological polar surface area (TPSA) is 88.7 Å². The first-order valence-corrected chi connectivity index (χ1v) is 13.2. The standard InChI is InChI=1S/C11H11ClFN.C11H15N3OS.C5H10O/c12-9-5-2-6-10(13)11(9)14-7-8-3-1-4-8;1-7(15)11-4-10(8(2)16-11)14-6-9(5-12)13-3;1-2-5-3-6-4-5/h2,5-7,14H,1,3-4H2;4-6,13H,12H2,1-3H3;5H,2-4H2,1H3/b;9-5+,14-6?;. The summed E-state index contributed by atoms with van der Waals surface area (Å²) < 4.78 is 18.2. The molecule has 4 N–H and O–H groups in total. The van der Waals surface area contributed by atoms with Gasteiger partial charge in [-0.3, -0.25) is 9.79 Å². The molecule has 0 bridgehead atoms. The number of benzene rings is 1. The number of nitrogens with zero attached hydrogens (tertiary/aromatic N) is 1. The molecule has 9 heteroatoms. The number of aliphatic imine (C=N–C) groups is 1. The first kappa shape index (κ1) is 29.5. The summed E-state index contributed by atoms with van der Waals surface area (Å²) in [5.41, 5.74) is 8.61. The highest BCUT2D eigenvalue weighted by atomic mass is 35.5. The lowest BCUT2D eigenvalue weighted by molar-refractivity contribution is -0.0331. The van der Waals surface area contributed by atoms with Crippen LogP contribution in [0.25, 0.3) is 0 Å². The van der Waals surface area contributed by atoms with Gasteiger partial charge in [0.2, 0.25) is 0 Å². The van der Waals surface area contributed by atoms with Gasteiger partial charge in [-0.25, -0.2) is 4.39 Å². The smallest absolute Gasteiger partial charge is 0.169 e. The van der Waals surface area contributed by atoms with Gasteiger partial charge in [0.25, 0.3) is 0 Å². The second kappa shape index (κ2) is 15.4. The van der Waals surface area contributed by atoms with Gasteiger partial charge >= 0.3 is 0 Å². The van der Waals surface area contributed by atoms with Crippen LogP contribution in [0.5, 0.6) is 0 Å². The molecule has 0 atom stereocenters. The van der Waals surface area contributed by atoms with Crippen molar-refractivity contribution in [2.75, 3.05) is 25.6 Å². The van der Waals surface area contributed by atoms with Crippen LogP contribution in [0.1, 0.15) is 54.1 Å². The Hall–Kier alpha value is -2.68. The van der Waals surface area contributed by atoms with E-state index in [1.165, 1.54) is 42.0 Å². The third-order valence-electron chi connectivity index (χ3n) is 5.71. The number of carbonyl (C=O) groups excluding carboxylic acids is 1. The van der Waals surface area contributed by atoms with Crippen molar-refractivity contribution in [3.63, 3.8) is 0 Å². The van der Waals surface area contributed by atoms with Crippen LogP contribution < -0.4 is 16.4 Å². The predicted molar refractivity (Wildman–Crippen MR) is 150 cm³/mol. The fourth-order valence-corrected chi connectivity index (χ4v) is 4.04. The average Bonchev–Trinajstić information content (AvgIpc) is 3.16.